The van der Waals surface area contributed by atoms with Gasteiger partial charge in [0.05, 0.1) is 5.41 Å². The maximum absolute atomic E-state index is 13.9. The first-order valence-electron chi connectivity index (χ1n) is 10.5. The van der Waals surface area contributed by atoms with Gasteiger partial charge < -0.3 is 0 Å². The molecule has 1 saturated heterocycles. The quantitative estimate of drug-likeness (QED) is 0.693. The Kier molecular flexibility index (Phi) is 4.11. The molecule has 4 heteroatoms. The van der Waals surface area contributed by atoms with Crippen molar-refractivity contribution in [3.63, 3.8) is 0 Å². The molecule has 1 heterocycles. The highest BCUT2D eigenvalue weighted by molar-refractivity contribution is 6.35. The van der Waals surface area contributed by atoms with Crippen LogP contribution in [0.2, 0.25) is 0 Å². The van der Waals surface area contributed by atoms with E-state index in [9.17, 15) is 14.4 Å². The number of likely N-dealkylation sites (tertiary alicyclic amines) is 1. The highest BCUT2D eigenvalue weighted by Crippen LogP contribution is 2.62. The molecule has 0 amide bonds. The van der Waals surface area contributed by atoms with E-state index >= 15 is 0 Å². The standard InChI is InChI=1S/C25H25NO3/c1-26-16-20(17-10-4-2-5-11-17)24(15-9-3-6-14-21(24)27)25(26)22(28)18-12-7-8-13-19(18)23(25)29/h2,4-5,7-8,10-13,20H,3,6,9,14-16H2,1H3/t20-,24+/m1/s1. The maximum atomic E-state index is 13.9. The lowest BCUT2D eigenvalue weighted by Gasteiger charge is -2.44. The number of ketones is 3. The fraction of sp³-hybridized carbons (Fsp3) is 0.400. The molecule has 1 aliphatic heterocycles. The molecule has 148 valence electrons. The molecule has 2 fully saturated rings. The lowest BCUT2D eigenvalue weighted by molar-refractivity contribution is -0.132. The molecule has 2 spiro atoms. The number of nitrogens with zero attached hydrogens (tertiary/aromatic N) is 1. The molecule has 29 heavy (non-hydrogen) atoms. The largest absolute Gasteiger partial charge is 0.299 e. The second kappa shape index (κ2) is 6.46. The van der Waals surface area contributed by atoms with Gasteiger partial charge in [-0.05, 0) is 25.5 Å². The van der Waals surface area contributed by atoms with Gasteiger partial charge in [0.15, 0.2) is 17.1 Å². The first kappa shape index (κ1) is 18.4. The van der Waals surface area contributed by atoms with Gasteiger partial charge in [0.25, 0.3) is 0 Å². The summed E-state index contributed by atoms with van der Waals surface area (Å²) in [7, 11) is 1.85. The average Bonchev–Trinajstić information content (AvgIpc) is 3.04. The van der Waals surface area contributed by atoms with Gasteiger partial charge in [-0.15, -0.1) is 0 Å². The summed E-state index contributed by atoms with van der Waals surface area (Å²) in [6.07, 6.45) is 3.68. The number of likely N-dealkylation sites (N-methyl/N-ethyl adjacent to an activating group) is 1. The van der Waals surface area contributed by atoms with Crippen molar-refractivity contribution in [1.82, 2.24) is 4.90 Å². The molecule has 0 bridgehead atoms. The molecule has 2 aliphatic carbocycles. The van der Waals surface area contributed by atoms with Crippen LogP contribution in [0.5, 0.6) is 0 Å². The van der Waals surface area contributed by atoms with E-state index in [2.05, 4.69) is 0 Å². The predicted molar refractivity (Wildman–Crippen MR) is 110 cm³/mol. The summed E-state index contributed by atoms with van der Waals surface area (Å²) in [4.78, 5) is 43.6. The number of rotatable bonds is 1. The zero-order chi connectivity index (χ0) is 20.2. The lowest BCUT2D eigenvalue weighted by atomic mass is 9.57. The minimum atomic E-state index is -1.42. The van der Waals surface area contributed by atoms with Gasteiger partial charge >= 0.3 is 0 Å². The Morgan fingerprint density at radius 3 is 2.10 bits per heavy atom. The van der Waals surface area contributed by atoms with E-state index in [1.54, 1.807) is 24.3 Å². The van der Waals surface area contributed by atoms with Crippen molar-refractivity contribution in [2.45, 2.75) is 43.6 Å². The molecule has 0 aromatic heterocycles. The van der Waals surface area contributed by atoms with Crippen molar-refractivity contribution in [3.05, 3.63) is 71.3 Å². The topological polar surface area (TPSA) is 54.5 Å². The summed E-state index contributed by atoms with van der Waals surface area (Å²) >= 11 is 0. The van der Waals surface area contributed by atoms with Gasteiger partial charge in [0.2, 0.25) is 0 Å². The molecule has 0 unspecified atom stereocenters. The van der Waals surface area contributed by atoms with Crippen molar-refractivity contribution in [2.24, 2.45) is 5.41 Å². The molecule has 1 saturated carbocycles. The van der Waals surface area contributed by atoms with Crippen LogP contribution in [0.1, 0.15) is 64.3 Å². The van der Waals surface area contributed by atoms with Crippen molar-refractivity contribution < 1.29 is 14.4 Å². The van der Waals surface area contributed by atoms with Crippen LogP contribution in [0.25, 0.3) is 0 Å². The Bertz CT molecular complexity index is 977. The Morgan fingerprint density at radius 2 is 1.45 bits per heavy atom. The van der Waals surface area contributed by atoms with Crippen molar-refractivity contribution >= 4 is 17.3 Å². The fourth-order valence-electron chi connectivity index (χ4n) is 6.34. The first-order valence-corrected chi connectivity index (χ1v) is 10.5. The third kappa shape index (κ3) is 2.15. The number of carbonyl (C=O) groups excluding carboxylic acids is 3. The van der Waals surface area contributed by atoms with E-state index in [1.807, 2.05) is 42.3 Å². The highest BCUT2D eigenvalue weighted by Gasteiger charge is 2.75. The lowest BCUT2D eigenvalue weighted by Crippen LogP contribution is -2.64. The molecule has 4 nitrogen and oxygen atoms in total. The summed E-state index contributed by atoms with van der Waals surface area (Å²) in [5.74, 6) is -0.451. The fourth-order valence-corrected chi connectivity index (χ4v) is 6.34. The van der Waals surface area contributed by atoms with Crippen molar-refractivity contribution in [1.29, 1.82) is 0 Å². The van der Waals surface area contributed by atoms with Crippen LogP contribution in [0, 0.1) is 5.41 Å². The number of hydrogen-bond acceptors (Lipinski definition) is 4. The highest BCUT2D eigenvalue weighted by atomic mass is 16.2. The second-order valence-electron chi connectivity index (χ2n) is 8.71. The van der Waals surface area contributed by atoms with Crippen LogP contribution in [0.15, 0.2) is 54.6 Å². The van der Waals surface area contributed by atoms with Crippen LogP contribution in [0.3, 0.4) is 0 Å². The van der Waals surface area contributed by atoms with Crippen molar-refractivity contribution in [2.75, 3.05) is 13.6 Å². The molecule has 5 rings (SSSR count). The van der Waals surface area contributed by atoms with Gasteiger partial charge in [-0.1, -0.05) is 67.4 Å². The van der Waals surface area contributed by atoms with E-state index in [4.69, 9.17) is 0 Å². The summed E-state index contributed by atoms with van der Waals surface area (Å²) in [6.45, 7) is 0.529. The monoisotopic (exact) mass is 387 g/mol. The molecular weight excluding hydrogens is 362 g/mol. The van der Waals surface area contributed by atoms with E-state index in [1.165, 1.54) is 0 Å². The molecular formula is C25H25NO3. The summed E-state index contributed by atoms with van der Waals surface area (Å²) in [5.41, 5.74) is -0.446. The molecule has 0 radical (unpaired) electrons. The van der Waals surface area contributed by atoms with Crippen LogP contribution < -0.4 is 0 Å². The summed E-state index contributed by atoms with van der Waals surface area (Å²) in [5, 5.41) is 0. The average molecular weight is 387 g/mol. The van der Waals surface area contributed by atoms with E-state index < -0.39 is 11.0 Å². The SMILES string of the molecule is CN1C[C@H](c2ccccc2)[C@]2(CCCCCC2=O)C12C(=O)c1ccccc1C2=O. The predicted octanol–water partition coefficient (Wildman–Crippen LogP) is 4.05. The number of hydrogen-bond donors (Lipinski definition) is 0. The van der Waals surface area contributed by atoms with Gasteiger partial charge in [-0.2, -0.15) is 0 Å². The molecule has 2 aromatic carbocycles. The molecule has 0 N–H and O–H groups in total. The third-order valence-electron chi connectivity index (χ3n) is 7.52. The van der Waals surface area contributed by atoms with Gasteiger partial charge in [-0.3, -0.25) is 19.3 Å². The minimum absolute atomic E-state index is 0.0858. The Balaban J connectivity index is 1.80. The van der Waals surface area contributed by atoms with Crippen LogP contribution in [-0.2, 0) is 4.79 Å². The number of benzene rings is 2. The molecule has 2 atom stereocenters. The first-order chi connectivity index (χ1) is 14.0. The second-order valence-corrected chi connectivity index (χ2v) is 8.71. The number of fused-ring (bicyclic) bond motifs is 2. The van der Waals surface area contributed by atoms with Gasteiger partial charge in [0, 0.05) is 30.0 Å². The normalized spacial score (nSPS) is 28.9. The van der Waals surface area contributed by atoms with E-state index in [0.717, 1.165) is 24.8 Å². The van der Waals surface area contributed by atoms with Crippen LogP contribution >= 0.6 is 0 Å². The zero-order valence-electron chi connectivity index (χ0n) is 16.7. The Labute approximate surface area is 170 Å². The zero-order valence-corrected chi connectivity index (χ0v) is 16.7. The van der Waals surface area contributed by atoms with E-state index in [-0.39, 0.29) is 23.3 Å². The van der Waals surface area contributed by atoms with Crippen LogP contribution in [0.4, 0.5) is 0 Å². The Hall–Kier alpha value is -2.59. The minimum Gasteiger partial charge on any atom is -0.299 e. The Morgan fingerprint density at radius 1 is 0.828 bits per heavy atom. The summed E-state index contributed by atoms with van der Waals surface area (Å²) < 4.78 is 0. The van der Waals surface area contributed by atoms with Crippen molar-refractivity contribution in [3.8, 4) is 0 Å². The smallest absolute Gasteiger partial charge is 0.192 e. The summed E-state index contributed by atoms with van der Waals surface area (Å²) in [6, 6.07) is 17.1. The number of Topliss-reactive ketones (excluding diaryl/α,β-unsaturated/α-hetero) is 3. The maximum Gasteiger partial charge on any atom is 0.192 e. The number of carbonyl (C=O) groups is 3. The van der Waals surface area contributed by atoms with Gasteiger partial charge in [0.1, 0.15) is 5.78 Å². The molecule has 3 aliphatic rings. The molecule has 2 aromatic rings. The van der Waals surface area contributed by atoms with E-state index in [0.29, 0.717) is 30.5 Å². The van der Waals surface area contributed by atoms with Gasteiger partial charge in [-0.25, -0.2) is 0 Å². The third-order valence-corrected chi connectivity index (χ3v) is 7.52. The van der Waals surface area contributed by atoms with Crippen LogP contribution in [-0.4, -0.2) is 41.4 Å².